The van der Waals surface area contributed by atoms with Crippen molar-refractivity contribution in [1.29, 1.82) is 0 Å². The number of carboxylic acids is 1. The average molecular weight is 255 g/mol. The van der Waals surface area contributed by atoms with Gasteiger partial charge in [0.25, 0.3) is 0 Å². The molecule has 6 heteroatoms. The molecule has 0 saturated carbocycles. The fourth-order valence-electron chi connectivity index (χ4n) is 1.73. The molecule has 1 N–H and O–H groups in total. The van der Waals surface area contributed by atoms with Gasteiger partial charge in [0.05, 0.1) is 0 Å². The molecule has 0 aliphatic heterocycles. The summed E-state index contributed by atoms with van der Waals surface area (Å²) < 4.78 is 5.52. The Labute approximate surface area is 107 Å². The summed E-state index contributed by atoms with van der Waals surface area (Å²) in [5.41, 5.74) is 1.76. The first-order valence-corrected chi connectivity index (χ1v) is 5.61. The van der Waals surface area contributed by atoms with Gasteiger partial charge in [-0.15, -0.1) is 0 Å². The second-order valence-corrected chi connectivity index (χ2v) is 3.96. The second kappa shape index (κ2) is 4.49. The molecule has 3 rings (SSSR count). The lowest BCUT2D eigenvalue weighted by Crippen LogP contribution is -1.99. The van der Waals surface area contributed by atoms with Gasteiger partial charge in [0.15, 0.2) is 16.9 Å². The summed E-state index contributed by atoms with van der Waals surface area (Å²) >= 11 is 0. The number of carbonyl (C=O) groups is 1. The standard InChI is InChI=1S/C13H9N3O3/c17-13(18)9-1-2-10-12(15-9)16-11(19-10)7-8-3-5-14-6-4-8/h1-6H,7H2,(H,17,18). The van der Waals surface area contributed by atoms with Crippen molar-refractivity contribution in [3.05, 3.63) is 53.8 Å². The number of aromatic nitrogens is 3. The third-order valence-electron chi connectivity index (χ3n) is 2.62. The number of carboxylic acid groups (broad SMARTS) is 1. The highest BCUT2D eigenvalue weighted by molar-refractivity contribution is 5.87. The molecule has 3 heterocycles. The van der Waals surface area contributed by atoms with E-state index in [0.29, 0.717) is 23.5 Å². The molecule has 0 atom stereocenters. The highest BCUT2D eigenvalue weighted by Gasteiger charge is 2.11. The van der Waals surface area contributed by atoms with Gasteiger partial charge in [0.1, 0.15) is 0 Å². The van der Waals surface area contributed by atoms with Gasteiger partial charge in [-0.2, -0.15) is 4.98 Å². The molecule has 3 aromatic heterocycles. The number of aromatic carboxylic acids is 1. The summed E-state index contributed by atoms with van der Waals surface area (Å²) in [6, 6.07) is 6.69. The van der Waals surface area contributed by atoms with Crippen LogP contribution in [-0.4, -0.2) is 26.0 Å². The van der Waals surface area contributed by atoms with Crippen molar-refractivity contribution in [2.75, 3.05) is 0 Å². The summed E-state index contributed by atoms with van der Waals surface area (Å²) in [4.78, 5) is 22.9. The van der Waals surface area contributed by atoms with Crippen LogP contribution in [0.4, 0.5) is 0 Å². The number of fused-ring (bicyclic) bond motifs is 1. The number of nitrogens with zero attached hydrogens (tertiary/aromatic N) is 3. The van der Waals surface area contributed by atoms with E-state index in [2.05, 4.69) is 15.0 Å². The van der Waals surface area contributed by atoms with E-state index in [4.69, 9.17) is 9.52 Å². The molecule has 94 valence electrons. The summed E-state index contributed by atoms with van der Waals surface area (Å²) in [6.45, 7) is 0. The van der Waals surface area contributed by atoms with Crippen molar-refractivity contribution in [2.45, 2.75) is 6.42 Å². The Morgan fingerprint density at radius 1 is 1.16 bits per heavy atom. The summed E-state index contributed by atoms with van der Waals surface area (Å²) in [7, 11) is 0. The number of pyridine rings is 2. The molecule has 0 fully saturated rings. The van der Waals surface area contributed by atoms with Gasteiger partial charge in [0, 0.05) is 18.8 Å². The van der Waals surface area contributed by atoms with Gasteiger partial charge in [-0.05, 0) is 29.8 Å². The van der Waals surface area contributed by atoms with Gasteiger partial charge in [0.2, 0.25) is 5.89 Å². The largest absolute Gasteiger partial charge is 0.477 e. The first-order chi connectivity index (χ1) is 9.22. The molecule has 0 radical (unpaired) electrons. The predicted molar refractivity (Wildman–Crippen MR) is 65.8 cm³/mol. The third kappa shape index (κ3) is 2.28. The average Bonchev–Trinajstić information content (AvgIpc) is 2.80. The van der Waals surface area contributed by atoms with Gasteiger partial charge in [-0.3, -0.25) is 4.98 Å². The van der Waals surface area contributed by atoms with Crippen LogP contribution in [0.15, 0.2) is 41.1 Å². The number of hydrogen-bond donors (Lipinski definition) is 1. The van der Waals surface area contributed by atoms with Crippen LogP contribution in [0.25, 0.3) is 11.2 Å². The highest BCUT2D eigenvalue weighted by Crippen LogP contribution is 2.16. The van der Waals surface area contributed by atoms with Gasteiger partial charge >= 0.3 is 5.97 Å². The lowest BCUT2D eigenvalue weighted by atomic mass is 10.2. The lowest BCUT2D eigenvalue weighted by molar-refractivity contribution is 0.0691. The fourth-order valence-corrected chi connectivity index (χ4v) is 1.73. The summed E-state index contributed by atoms with van der Waals surface area (Å²) in [6.07, 6.45) is 3.90. The van der Waals surface area contributed by atoms with Crippen LogP contribution < -0.4 is 0 Å². The quantitative estimate of drug-likeness (QED) is 0.768. The zero-order valence-corrected chi connectivity index (χ0v) is 9.78. The number of hydrogen-bond acceptors (Lipinski definition) is 5. The molecule has 0 saturated heterocycles. The predicted octanol–water partition coefficient (Wildman–Crippen LogP) is 1.91. The Balaban J connectivity index is 1.95. The summed E-state index contributed by atoms with van der Waals surface area (Å²) in [5, 5.41) is 8.86. The second-order valence-electron chi connectivity index (χ2n) is 3.96. The molecule has 0 aromatic carbocycles. The van der Waals surface area contributed by atoms with Crippen LogP contribution >= 0.6 is 0 Å². The Kier molecular flexibility index (Phi) is 2.68. The Morgan fingerprint density at radius 2 is 1.95 bits per heavy atom. The topological polar surface area (TPSA) is 89.1 Å². The molecule has 6 nitrogen and oxygen atoms in total. The van der Waals surface area contributed by atoms with E-state index < -0.39 is 5.97 Å². The zero-order valence-electron chi connectivity index (χ0n) is 9.78. The van der Waals surface area contributed by atoms with E-state index in [1.165, 1.54) is 6.07 Å². The van der Waals surface area contributed by atoms with Gasteiger partial charge in [-0.1, -0.05) is 0 Å². The zero-order chi connectivity index (χ0) is 13.2. The van der Waals surface area contributed by atoms with Gasteiger partial charge in [-0.25, -0.2) is 9.78 Å². The fraction of sp³-hybridized carbons (Fsp3) is 0.0769. The minimum Gasteiger partial charge on any atom is -0.477 e. The van der Waals surface area contributed by atoms with E-state index in [-0.39, 0.29) is 5.69 Å². The van der Waals surface area contributed by atoms with E-state index >= 15 is 0 Å². The van der Waals surface area contributed by atoms with Crippen LogP contribution in [0, 0.1) is 0 Å². The van der Waals surface area contributed by atoms with Crippen molar-refractivity contribution < 1.29 is 14.3 Å². The first kappa shape index (κ1) is 11.3. The molecule has 0 aliphatic carbocycles. The molecule has 0 unspecified atom stereocenters. The number of rotatable bonds is 3. The van der Waals surface area contributed by atoms with Crippen LogP contribution in [0.1, 0.15) is 21.9 Å². The van der Waals surface area contributed by atoms with Crippen LogP contribution in [0.5, 0.6) is 0 Å². The Hall–Kier alpha value is -2.76. The monoisotopic (exact) mass is 255 g/mol. The lowest BCUT2D eigenvalue weighted by Gasteiger charge is -1.94. The molecule has 3 aromatic rings. The Morgan fingerprint density at radius 3 is 2.68 bits per heavy atom. The van der Waals surface area contributed by atoms with Crippen molar-refractivity contribution in [2.24, 2.45) is 0 Å². The normalized spacial score (nSPS) is 10.7. The molecule has 0 amide bonds. The Bertz CT molecular complexity index is 737. The van der Waals surface area contributed by atoms with Crippen molar-refractivity contribution in [3.63, 3.8) is 0 Å². The van der Waals surface area contributed by atoms with E-state index in [9.17, 15) is 4.79 Å². The maximum absolute atomic E-state index is 10.8. The molecule has 0 bridgehead atoms. The number of oxazole rings is 1. The van der Waals surface area contributed by atoms with Crippen LogP contribution in [0.2, 0.25) is 0 Å². The smallest absolute Gasteiger partial charge is 0.354 e. The van der Waals surface area contributed by atoms with E-state index in [1.807, 2.05) is 12.1 Å². The molecular formula is C13H9N3O3. The first-order valence-electron chi connectivity index (χ1n) is 5.61. The van der Waals surface area contributed by atoms with Crippen LogP contribution in [-0.2, 0) is 6.42 Å². The van der Waals surface area contributed by atoms with E-state index in [0.717, 1.165) is 5.56 Å². The summed E-state index contributed by atoms with van der Waals surface area (Å²) in [5.74, 6) is -0.586. The highest BCUT2D eigenvalue weighted by atomic mass is 16.4. The minimum atomic E-state index is -1.08. The van der Waals surface area contributed by atoms with Crippen LogP contribution in [0.3, 0.4) is 0 Å². The maximum Gasteiger partial charge on any atom is 0.354 e. The SMILES string of the molecule is O=C(O)c1ccc2oc(Cc3ccncc3)nc2n1. The minimum absolute atomic E-state index is 0.0451. The van der Waals surface area contributed by atoms with E-state index in [1.54, 1.807) is 18.5 Å². The van der Waals surface area contributed by atoms with Crippen molar-refractivity contribution >= 4 is 17.2 Å². The molecule has 19 heavy (non-hydrogen) atoms. The van der Waals surface area contributed by atoms with Crippen molar-refractivity contribution in [1.82, 2.24) is 15.0 Å². The molecule has 0 spiro atoms. The molecule has 0 aliphatic rings. The third-order valence-corrected chi connectivity index (χ3v) is 2.62. The van der Waals surface area contributed by atoms with Crippen molar-refractivity contribution in [3.8, 4) is 0 Å². The van der Waals surface area contributed by atoms with Gasteiger partial charge < -0.3 is 9.52 Å². The molecular weight excluding hydrogens is 246 g/mol. The maximum atomic E-state index is 10.8.